The number of carbonyl (C=O) groups is 2. The summed E-state index contributed by atoms with van der Waals surface area (Å²) in [6, 6.07) is -0.0325. The molecular formula is C21H30N4O3S. The Hall–Kier alpha value is -2.09. The van der Waals surface area contributed by atoms with Gasteiger partial charge in [0, 0.05) is 24.7 Å². The van der Waals surface area contributed by atoms with E-state index < -0.39 is 5.60 Å². The standard InChI is InChI=1S/C21H30N4O3S/c1-12-8-14-11-25(20(27)28-21(3,4)5)16(15(14)9-12)10-22-18(26)17-13(2)23-19-24(17)6-7-29-19/h6-7,12,14-16H,8-11H2,1-5H3,(H,22,26)/t12?,14-,15-,16+/m0/s1. The Labute approximate surface area is 175 Å². The second-order valence-electron chi connectivity index (χ2n) is 9.51. The van der Waals surface area contributed by atoms with Gasteiger partial charge >= 0.3 is 6.09 Å². The number of aromatic nitrogens is 2. The predicted molar refractivity (Wildman–Crippen MR) is 112 cm³/mol. The van der Waals surface area contributed by atoms with E-state index in [1.54, 1.807) is 0 Å². The Morgan fingerprint density at radius 1 is 1.34 bits per heavy atom. The summed E-state index contributed by atoms with van der Waals surface area (Å²) in [5.41, 5.74) is 0.756. The molecule has 4 rings (SSSR count). The largest absolute Gasteiger partial charge is 0.444 e. The molecule has 8 heteroatoms. The number of nitrogens with one attached hydrogen (secondary N) is 1. The van der Waals surface area contributed by atoms with Crippen LogP contribution >= 0.6 is 11.3 Å². The zero-order valence-corrected chi connectivity index (χ0v) is 18.6. The molecular weight excluding hydrogens is 388 g/mol. The quantitative estimate of drug-likeness (QED) is 0.824. The number of nitrogens with zero attached hydrogens (tertiary/aromatic N) is 3. The third kappa shape index (κ3) is 3.86. The van der Waals surface area contributed by atoms with Crippen molar-refractivity contribution < 1.29 is 14.3 Å². The van der Waals surface area contributed by atoms with Gasteiger partial charge in [-0.15, -0.1) is 11.3 Å². The van der Waals surface area contributed by atoms with E-state index in [0.717, 1.165) is 23.5 Å². The van der Waals surface area contributed by atoms with E-state index in [2.05, 4.69) is 17.2 Å². The van der Waals surface area contributed by atoms with E-state index in [1.807, 2.05) is 48.6 Å². The number of hydrogen-bond acceptors (Lipinski definition) is 5. The van der Waals surface area contributed by atoms with Gasteiger partial charge in [-0.25, -0.2) is 9.78 Å². The summed E-state index contributed by atoms with van der Waals surface area (Å²) in [5, 5.41) is 5.00. The van der Waals surface area contributed by atoms with Gasteiger partial charge in [0.25, 0.3) is 5.91 Å². The van der Waals surface area contributed by atoms with Crippen LogP contribution in [0.15, 0.2) is 11.6 Å². The molecule has 29 heavy (non-hydrogen) atoms. The molecule has 1 saturated heterocycles. The third-order valence-corrected chi connectivity index (χ3v) is 6.82. The number of rotatable bonds is 3. The molecule has 0 bridgehead atoms. The Morgan fingerprint density at radius 3 is 2.83 bits per heavy atom. The van der Waals surface area contributed by atoms with Gasteiger partial charge in [0.05, 0.1) is 11.7 Å². The molecule has 4 atom stereocenters. The summed E-state index contributed by atoms with van der Waals surface area (Å²) in [7, 11) is 0. The van der Waals surface area contributed by atoms with Gasteiger partial charge in [-0.2, -0.15) is 0 Å². The van der Waals surface area contributed by atoms with E-state index in [-0.39, 0.29) is 18.0 Å². The molecule has 2 aromatic rings. The second kappa shape index (κ2) is 7.31. The summed E-state index contributed by atoms with van der Waals surface area (Å²) in [6.45, 7) is 10.9. The van der Waals surface area contributed by atoms with Crippen molar-refractivity contribution in [1.29, 1.82) is 0 Å². The molecule has 1 aliphatic heterocycles. The van der Waals surface area contributed by atoms with Gasteiger partial charge in [-0.05, 0) is 58.3 Å². The van der Waals surface area contributed by atoms with Crippen LogP contribution in [0.25, 0.3) is 4.96 Å². The molecule has 7 nitrogen and oxygen atoms in total. The molecule has 1 unspecified atom stereocenters. The monoisotopic (exact) mass is 418 g/mol. The van der Waals surface area contributed by atoms with Crippen molar-refractivity contribution in [3.63, 3.8) is 0 Å². The van der Waals surface area contributed by atoms with Gasteiger partial charge in [-0.1, -0.05) is 6.92 Å². The van der Waals surface area contributed by atoms with Gasteiger partial charge in [-0.3, -0.25) is 9.20 Å². The van der Waals surface area contributed by atoms with E-state index in [9.17, 15) is 9.59 Å². The van der Waals surface area contributed by atoms with E-state index in [0.29, 0.717) is 36.5 Å². The first-order valence-electron chi connectivity index (χ1n) is 10.3. The number of hydrogen-bond donors (Lipinski definition) is 1. The number of amides is 2. The molecule has 0 radical (unpaired) electrons. The second-order valence-corrected chi connectivity index (χ2v) is 10.4. The van der Waals surface area contributed by atoms with Crippen LogP contribution in [0.3, 0.4) is 0 Å². The lowest BCUT2D eigenvalue weighted by Gasteiger charge is -2.31. The fourth-order valence-corrected chi connectivity index (χ4v) is 5.75. The minimum absolute atomic E-state index is 0.0325. The highest BCUT2D eigenvalue weighted by Gasteiger charge is 2.49. The van der Waals surface area contributed by atoms with Crippen molar-refractivity contribution in [2.24, 2.45) is 17.8 Å². The van der Waals surface area contributed by atoms with Crippen molar-refractivity contribution in [2.45, 2.75) is 59.1 Å². The molecule has 2 fully saturated rings. The molecule has 2 amide bonds. The molecule has 0 spiro atoms. The minimum Gasteiger partial charge on any atom is -0.444 e. The fourth-order valence-electron chi connectivity index (χ4n) is 4.99. The lowest BCUT2D eigenvalue weighted by atomic mass is 9.94. The number of imidazole rings is 1. The molecule has 158 valence electrons. The van der Waals surface area contributed by atoms with Crippen LogP contribution < -0.4 is 5.32 Å². The maximum Gasteiger partial charge on any atom is 0.410 e. The summed E-state index contributed by atoms with van der Waals surface area (Å²) in [6.07, 6.45) is 3.81. The molecule has 3 heterocycles. The van der Waals surface area contributed by atoms with Crippen LogP contribution in [0.4, 0.5) is 4.79 Å². The topological polar surface area (TPSA) is 75.9 Å². The van der Waals surface area contributed by atoms with Crippen LogP contribution in [0.5, 0.6) is 0 Å². The molecule has 2 aliphatic rings. The van der Waals surface area contributed by atoms with Crippen molar-refractivity contribution in [2.75, 3.05) is 13.1 Å². The van der Waals surface area contributed by atoms with E-state index in [1.165, 1.54) is 11.3 Å². The summed E-state index contributed by atoms with van der Waals surface area (Å²) in [5.74, 6) is 1.41. The van der Waals surface area contributed by atoms with E-state index >= 15 is 0 Å². The van der Waals surface area contributed by atoms with Crippen LogP contribution in [0.1, 0.15) is 56.7 Å². The first-order valence-corrected chi connectivity index (χ1v) is 11.2. The smallest absolute Gasteiger partial charge is 0.410 e. The minimum atomic E-state index is -0.533. The fraction of sp³-hybridized carbons (Fsp3) is 0.667. The third-order valence-electron chi connectivity index (χ3n) is 6.06. The van der Waals surface area contributed by atoms with Gasteiger partial charge in [0.1, 0.15) is 11.3 Å². The Balaban J connectivity index is 1.50. The molecule has 1 aliphatic carbocycles. The highest BCUT2D eigenvalue weighted by Crippen LogP contribution is 2.45. The highest BCUT2D eigenvalue weighted by atomic mass is 32.1. The van der Waals surface area contributed by atoms with Crippen LogP contribution in [-0.4, -0.2) is 51.0 Å². The number of ether oxygens (including phenoxy) is 1. The zero-order chi connectivity index (χ0) is 20.9. The first-order chi connectivity index (χ1) is 13.6. The Kier molecular flexibility index (Phi) is 5.09. The zero-order valence-electron chi connectivity index (χ0n) is 17.8. The van der Waals surface area contributed by atoms with Crippen molar-refractivity contribution in [3.05, 3.63) is 23.0 Å². The molecule has 2 aromatic heterocycles. The number of likely N-dealkylation sites (tertiary alicyclic amines) is 1. The lowest BCUT2D eigenvalue weighted by molar-refractivity contribution is 0.0196. The Morgan fingerprint density at radius 2 is 2.10 bits per heavy atom. The maximum absolute atomic E-state index is 13.0. The Bertz CT molecular complexity index is 928. The van der Waals surface area contributed by atoms with Crippen molar-refractivity contribution in [1.82, 2.24) is 19.6 Å². The number of carbonyl (C=O) groups excluding carboxylic acids is 2. The molecule has 0 aromatic carbocycles. The van der Waals surface area contributed by atoms with Crippen LogP contribution in [-0.2, 0) is 4.74 Å². The molecule has 1 saturated carbocycles. The highest BCUT2D eigenvalue weighted by molar-refractivity contribution is 7.15. The average Bonchev–Trinajstić information content (AvgIpc) is 3.31. The van der Waals surface area contributed by atoms with Crippen LogP contribution in [0.2, 0.25) is 0 Å². The lowest BCUT2D eigenvalue weighted by Crippen LogP contribution is -2.47. The van der Waals surface area contributed by atoms with Crippen molar-refractivity contribution >= 4 is 28.3 Å². The SMILES string of the molecule is Cc1nc2sccn2c1C(=O)NC[C@@H]1[C@H]2CC(C)C[C@H]2CN1C(=O)OC(C)(C)C. The predicted octanol–water partition coefficient (Wildman–Crippen LogP) is 3.72. The van der Waals surface area contributed by atoms with E-state index in [4.69, 9.17) is 4.74 Å². The molecule has 1 N–H and O–H groups in total. The van der Waals surface area contributed by atoms with Gasteiger partial charge in [0.2, 0.25) is 0 Å². The average molecular weight is 419 g/mol. The summed E-state index contributed by atoms with van der Waals surface area (Å²) >= 11 is 1.51. The van der Waals surface area contributed by atoms with Gasteiger partial charge < -0.3 is 15.0 Å². The summed E-state index contributed by atoms with van der Waals surface area (Å²) < 4.78 is 7.48. The van der Waals surface area contributed by atoms with Gasteiger partial charge in [0.15, 0.2) is 4.96 Å². The number of thiazole rings is 1. The van der Waals surface area contributed by atoms with Crippen molar-refractivity contribution in [3.8, 4) is 0 Å². The van der Waals surface area contributed by atoms with Crippen LogP contribution in [0, 0.1) is 24.7 Å². The number of fused-ring (bicyclic) bond motifs is 2. The maximum atomic E-state index is 13.0. The summed E-state index contributed by atoms with van der Waals surface area (Å²) in [4.78, 5) is 32.9. The normalized spacial score (nSPS) is 26.7. The number of aryl methyl sites for hydroxylation is 1. The first kappa shape index (κ1) is 20.2.